The highest BCUT2D eigenvalue weighted by Gasteiger charge is 2.43. The molecule has 0 aromatic rings. The van der Waals surface area contributed by atoms with E-state index < -0.39 is 0 Å². The van der Waals surface area contributed by atoms with Crippen molar-refractivity contribution >= 4 is 5.96 Å². The van der Waals surface area contributed by atoms with E-state index in [0.717, 1.165) is 12.8 Å². The molecule has 5 heteroatoms. The third-order valence-electron chi connectivity index (χ3n) is 2.76. The minimum absolute atomic E-state index is 0.0233. The molecule has 2 fully saturated rings. The van der Waals surface area contributed by atoms with Crippen molar-refractivity contribution in [2.45, 2.75) is 37.6 Å². The van der Waals surface area contributed by atoms with Crippen LogP contribution in [0.4, 0.5) is 0 Å². The average Bonchev–Trinajstić information content (AvgIpc) is 2.74. The Morgan fingerprint density at radius 3 is 2.71 bits per heavy atom. The molecule has 5 nitrogen and oxygen atoms in total. The Morgan fingerprint density at radius 2 is 2.07 bits per heavy atom. The second kappa shape index (κ2) is 3.74. The van der Waals surface area contributed by atoms with E-state index in [4.69, 9.17) is 20.9 Å². The molecule has 1 spiro atoms. The Morgan fingerprint density at radius 1 is 1.36 bits per heavy atom. The lowest BCUT2D eigenvalue weighted by atomic mass is 10.2. The van der Waals surface area contributed by atoms with E-state index >= 15 is 0 Å². The van der Waals surface area contributed by atoms with Crippen LogP contribution in [0.15, 0.2) is 4.99 Å². The first kappa shape index (κ1) is 9.73. The first-order chi connectivity index (χ1) is 6.70. The van der Waals surface area contributed by atoms with Gasteiger partial charge in [-0.3, -0.25) is 4.99 Å². The molecule has 4 N–H and O–H groups in total. The van der Waals surface area contributed by atoms with Gasteiger partial charge in [0.05, 0.1) is 13.2 Å². The summed E-state index contributed by atoms with van der Waals surface area (Å²) < 4.78 is 11.5. The number of ether oxygens (including phenoxy) is 2. The maximum Gasteiger partial charge on any atom is 0.186 e. The predicted molar refractivity (Wildman–Crippen MR) is 52.7 cm³/mol. The van der Waals surface area contributed by atoms with Crippen LogP contribution >= 0.6 is 0 Å². The minimum Gasteiger partial charge on any atom is -0.370 e. The van der Waals surface area contributed by atoms with Crippen LogP contribution in [0.25, 0.3) is 0 Å². The summed E-state index contributed by atoms with van der Waals surface area (Å²) in [5.41, 5.74) is 10.5. The summed E-state index contributed by atoms with van der Waals surface area (Å²) in [7, 11) is 0. The van der Waals surface area contributed by atoms with E-state index in [1.165, 1.54) is 12.8 Å². The molecule has 2 aliphatic rings. The summed E-state index contributed by atoms with van der Waals surface area (Å²) in [5, 5.41) is 0. The molecule has 1 heterocycles. The van der Waals surface area contributed by atoms with Gasteiger partial charge in [-0.25, -0.2) is 0 Å². The molecule has 1 saturated carbocycles. The van der Waals surface area contributed by atoms with Gasteiger partial charge in [-0.2, -0.15) is 0 Å². The summed E-state index contributed by atoms with van der Waals surface area (Å²) in [6, 6.07) is 0. The number of hydrogen-bond acceptors (Lipinski definition) is 3. The van der Waals surface area contributed by atoms with Crippen LogP contribution in [0.3, 0.4) is 0 Å². The normalized spacial score (nSPS) is 29.6. The van der Waals surface area contributed by atoms with Gasteiger partial charge >= 0.3 is 0 Å². The monoisotopic (exact) mass is 199 g/mol. The molecule has 2 rings (SSSR count). The second-order valence-corrected chi connectivity index (χ2v) is 3.93. The third kappa shape index (κ3) is 1.99. The van der Waals surface area contributed by atoms with Gasteiger partial charge in [-0.1, -0.05) is 0 Å². The standard InChI is InChI=1S/C9H17N3O2/c10-8(11)12-5-7-6-13-9(14-7)3-1-2-4-9/h7H,1-6H2,(H4,10,11,12)/t7-/m0/s1. The minimum atomic E-state index is -0.302. The Kier molecular flexibility index (Phi) is 2.60. The summed E-state index contributed by atoms with van der Waals surface area (Å²) in [6.45, 7) is 1.11. The molecule has 1 atom stereocenters. The van der Waals surface area contributed by atoms with E-state index in [0.29, 0.717) is 13.2 Å². The Bertz CT molecular complexity index is 232. The van der Waals surface area contributed by atoms with Gasteiger partial charge in [0.15, 0.2) is 11.7 Å². The maximum absolute atomic E-state index is 5.82. The van der Waals surface area contributed by atoms with Crippen LogP contribution in [0.5, 0.6) is 0 Å². The van der Waals surface area contributed by atoms with Crippen LogP contribution < -0.4 is 11.5 Å². The zero-order valence-corrected chi connectivity index (χ0v) is 8.24. The van der Waals surface area contributed by atoms with Crippen molar-refractivity contribution < 1.29 is 9.47 Å². The van der Waals surface area contributed by atoms with E-state index in [9.17, 15) is 0 Å². The summed E-state index contributed by atoms with van der Waals surface area (Å²) in [5.74, 6) is -0.190. The van der Waals surface area contributed by atoms with Crippen molar-refractivity contribution in [2.24, 2.45) is 16.5 Å². The Hall–Kier alpha value is -0.810. The molecule has 1 aliphatic carbocycles. The highest BCUT2D eigenvalue weighted by atomic mass is 16.7. The SMILES string of the molecule is NC(N)=NC[C@H]1COC2(CCCC2)O1. The van der Waals surface area contributed by atoms with Gasteiger partial charge in [0.1, 0.15) is 6.10 Å². The molecule has 0 aromatic carbocycles. The third-order valence-corrected chi connectivity index (χ3v) is 2.76. The van der Waals surface area contributed by atoms with Crippen molar-refractivity contribution in [2.75, 3.05) is 13.2 Å². The molecule has 1 saturated heterocycles. The molecule has 80 valence electrons. The summed E-state index contributed by atoms with van der Waals surface area (Å²) >= 11 is 0. The largest absolute Gasteiger partial charge is 0.370 e. The average molecular weight is 199 g/mol. The smallest absolute Gasteiger partial charge is 0.186 e. The van der Waals surface area contributed by atoms with Crippen molar-refractivity contribution in [3.05, 3.63) is 0 Å². The topological polar surface area (TPSA) is 82.9 Å². The number of guanidine groups is 1. The maximum atomic E-state index is 5.82. The highest BCUT2D eigenvalue weighted by molar-refractivity contribution is 5.75. The molecular formula is C9H17N3O2. The van der Waals surface area contributed by atoms with Crippen molar-refractivity contribution in [3.8, 4) is 0 Å². The van der Waals surface area contributed by atoms with Crippen LogP contribution in [-0.2, 0) is 9.47 Å². The van der Waals surface area contributed by atoms with Gasteiger partial charge in [0.2, 0.25) is 0 Å². The lowest BCUT2D eigenvalue weighted by molar-refractivity contribution is -0.160. The van der Waals surface area contributed by atoms with Crippen LogP contribution in [0.1, 0.15) is 25.7 Å². The number of aliphatic imine (C=N–C) groups is 1. The van der Waals surface area contributed by atoms with Crippen molar-refractivity contribution in [1.29, 1.82) is 0 Å². The van der Waals surface area contributed by atoms with Crippen molar-refractivity contribution in [1.82, 2.24) is 0 Å². The van der Waals surface area contributed by atoms with E-state index in [1.54, 1.807) is 0 Å². The fourth-order valence-corrected chi connectivity index (χ4v) is 2.09. The lowest BCUT2D eigenvalue weighted by Crippen LogP contribution is -2.28. The van der Waals surface area contributed by atoms with E-state index in [2.05, 4.69) is 4.99 Å². The first-order valence-corrected chi connectivity index (χ1v) is 5.07. The zero-order chi connectivity index (χ0) is 10.0. The second-order valence-electron chi connectivity index (χ2n) is 3.93. The fourth-order valence-electron chi connectivity index (χ4n) is 2.09. The lowest BCUT2D eigenvalue weighted by Gasteiger charge is -2.21. The van der Waals surface area contributed by atoms with Gasteiger partial charge in [0, 0.05) is 12.8 Å². The van der Waals surface area contributed by atoms with Gasteiger partial charge in [-0.15, -0.1) is 0 Å². The molecule has 0 aromatic heterocycles. The van der Waals surface area contributed by atoms with E-state index in [-0.39, 0.29) is 17.9 Å². The zero-order valence-electron chi connectivity index (χ0n) is 8.24. The van der Waals surface area contributed by atoms with Gasteiger partial charge < -0.3 is 20.9 Å². The molecule has 0 bridgehead atoms. The molecule has 0 radical (unpaired) electrons. The number of nitrogens with two attached hydrogens (primary N) is 2. The molecule has 1 aliphatic heterocycles. The summed E-state index contributed by atoms with van der Waals surface area (Å²) in [6.07, 6.45) is 4.41. The van der Waals surface area contributed by atoms with Crippen LogP contribution in [0, 0.1) is 0 Å². The molecule has 14 heavy (non-hydrogen) atoms. The molecule has 0 unspecified atom stereocenters. The Labute approximate surface area is 83.4 Å². The van der Waals surface area contributed by atoms with E-state index in [1.807, 2.05) is 0 Å². The van der Waals surface area contributed by atoms with Gasteiger partial charge in [0.25, 0.3) is 0 Å². The van der Waals surface area contributed by atoms with Crippen LogP contribution in [-0.4, -0.2) is 31.0 Å². The van der Waals surface area contributed by atoms with Crippen LogP contribution in [0.2, 0.25) is 0 Å². The highest BCUT2D eigenvalue weighted by Crippen LogP contribution is 2.39. The number of rotatable bonds is 2. The summed E-state index contributed by atoms with van der Waals surface area (Å²) in [4.78, 5) is 3.93. The number of hydrogen-bond donors (Lipinski definition) is 2. The molecular weight excluding hydrogens is 182 g/mol. The fraction of sp³-hybridized carbons (Fsp3) is 0.889. The first-order valence-electron chi connectivity index (χ1n) is 5.07. The van der Waals surface area contributed by atoms with Crippen molar-refractivity contribution in [3.63, 3.8) is 0 Å². The molecule has 0 amide bonds. The number of nitrogens with zero attached hydrogens (tertiary/aromatic N) is 1. The predicted octanol–water partition coefficient (Wildman–Crippen LogP) is -0.0545. The quantitative estimate of drug-likeness (QED) is 0.482. The van der Waals surface area contributed by atoms with Gasteiger partial charge in [-0.05, 0) is 12.8 Å². The Balaban J connectivity index is 1.85.